The summed E-state index contributed by atoms with van der Waals surface area (Å²) in [7, 11) is 0. The molecule has 0 spiro atoms. The van der Waals surface area contributed by atoms with E-state index >= 15 is 0 Å². The fourth-order valence-corrected chi connectivity index (χ4v) is 4.14. The van der Waals surface area contributed by atoms with E-state index < -0.39 is 0 Å². The monoisotopic (exact) mass is 349 g/mol. The van der Waals surface area contributed by atoms with Crippen molar-refractivity contribution in [3.63, 3.8) is 0 Å². The summed E-state index contributed by atoms with van der Waals surface area (Å²) in [6.45, 7) is 2.26. The van der Waals surface area contributed by atoms with Gasteiger partial charge in [0.2, 0.25) is 0 Å². The molecule has 2 rings (SSSR count). The molecule has 1 heterocycles. The van der Waals surface area contributed by atoms with Gasteiger partial charge < -0.3 is 5.32 Å². The Morgan fingerprint density at radius 1 is 1.61 bits per heavy atom. The Balaban J connectivity index is 2.07. The van der Waals surface area contributed by atoms with Crippen molar-refractivity contribution in [2.24, 2.45) is 5.92 Å². The Hall–Kier alpha value is -0.0600. The summed E-state index contributed by atoms with van der Waals surface area (Å²) in [5, 5.41) is 5.07. The van der Waals surface area contributed by atoms with Crippen LogP contribution in [0.4, 0.5) is 0 Å². The number of carbonyl (C=O) groups excluding carboxylic acids is 1. The number of nitrogens with one attached hydrogen (secondary N) is 1. The first-order chi connectivity index (χ1) is 8.56. The molecule has 0 unspecified atom stereocenters. The highest BCUT2D eigenvalue weighted by Crippen LogP contribution is 2.33. The van der Waals surface area contributed by atoms with Crippen LogP contribution in [0.3, 0.4) is 0 Å². The Labute approximate surface area is 125 Å². The van der Waals surface area contributed by atoms with Crippen molar-refractivity contribution in [1.29, 1.82) is 0 Å². The smallest absolute Gasteiger partial charge is 0.262 e. The van der Waals surface area contributed by atoms with Gasteiger partial charge in [-0.3, -0.25) is 4.79 Å². The fourth-order valence-electron chi connectivity index (χ4n) is 2.36. The molecule has 1 aliphatic rings. The Bertz CT molecular complexity index is 426. The van der Waals surface area contributed by atoms with Crippen molar-refractivity contribution in [1.82, 2.24) is 5.32 Å². The van der Waals surface area contributed by atoms with Crippen molar-refractivity contribution in [2.75, 3.05) is 5.88 Å². The van der Waals surface area contributed by atoms with E-state index in [9.17, 15) is 4.79 Å². The van der Waals surface area contributed by atoms with E-state index in [-0.39, 0.29) is 11.4 Å². The first-order valence-electron chi connectivity index (χ1n) is 6.18. The lowest BCUT2D eigenvalue weighted by molar-refractivity contribution is 0.0876. The average Bonchev–Trinajstić information content (AvgIpc) is 2.79. The van der Waals surface area contributed by atoms with E-state index in [1.54, 1.807) is 0 Å². The van der Waals surface area contributed by atoms with Crippen LogP contribution < -0.4 is 5.32 Å². The molecule has 0 aliphatic heterocycles. The van der Waals surface area contributed by atoms with Crippen LogP contribution in [0.2, 0.25) is 0 Å². The Kier molecular flexibility index (Phi) is 4.73. The molecule has 5 heteroatoms. The van der Waals surface area contributed by atoms with Gasteiger partial charge in [0.05, 0.1) is 5.54 Å². The Morgan fingerprint density at radius 3 is 2.78 bits per heavy atom. The average molecular weight is 351 g/mol. The van der Waals surface area contributed by atoms with Crippen LogP contribution in [-0.2, 0) is 0 Å². The molecule has 1 aromatic heterocycles. The largest absolute Gasteiger partial charge is 0.345 e. The molecule has 2 nitrogen and oxygen atoms in total. The van der Waals surface area contributed by atoms with E-state index in [0.29, 0.717) is 5.88 Å². The zero-order chi connectivity index (χ0) is 13.2. The fraction of sp³-hybridized carbons (Fsp3) is 0.615. The summed E-state index contributed by atoms with van der Waals surface area (Å²) in [4.78, 5) is 13.0. The highest BCUT2D eigenvalue weighted by atomic mass is 79.9. The topological polar surface area (TPSA) is 29.1 Å². The quantitative estimate of drug-likeness (QED) is 0.803. The third kappa shape index (κ3) is 3.09. The van der Waals surface area contributed by atoms with Crippen molar-refractivity contribution < 1.29 is 4.79 Å². The minimum Gasteiger partial charge on any atom is -0.345 e. The molecule has 1 aliphatic carbocycles. The maximum absolute atomic E-state index is 12.3. The van der Waals surface area contributed by atoms with Crippen molar-refractivity contribution in [3.05, 3.63) is 20.8 Å². The standard InChI is InChI=1S/C13H17BrClNOS/c1-9-2-5-13(8-15,6-3-9)16-12(17)11-10(14)4-7-18-11/h4,7,9H,2-3,5-6,8H2,1H3,(H,16,17). The van der Waals surface area contributed by atoms with Gasteiger partial charge in [0.1, 0.15) is 4.88 Å². The lowest BCUT2D eigenvalue weighted by Gasteiger charge is -2.38. The molecule has 1 fully saturated rings. The van der Waals surface area contributed by atoms with E-state index in [2.05, 4.69) is 28.2 Å². The summed E-state index contributed by atoms with van der Waals surface area (Å²) >= 11 is 11.0. The first-order valence-corrected chi connectivity index (χ1v) is 8.38. The second-order valence-electron chi connectivity index (χ2n) is 5.15. The number of hydrogen-bond donors (Lipinski definition) is 1. The van der Waals surface area contributed by atoms with Crippen LogP contribution in [-0.4, -0.2) is 17.3 Å². The van der Waals surface area contributed by atoms with E-state index in [4.69, 9.17) is 11.6 Å². The number of alkyl halides is 1. The molecule has 1 amide bonds. The van der Waals surface area contributed by atoms with Gasteiger partial charge in [-0.05, 0) is 59.0 Å². The lowest BCUT2D eigenvalue weighted by Crippen LogP contribution is -2.52. The van der Waals surface area contributed by atoms with Crippen LogP contribution in [0.5, 0.6) is 0 Å². The summed E-state index contributed by atoms with van der Waals surface area (Å²) in [5.41, 5.74) is -0.214. The second kappa shape index (κ2) is 5.93. The van der Waals surface area contributed by atoms with E-state index in [1.165, 1.54) is 11.3 Å². The zero-order valence-electron chi connectivity index (χ0n) is 10.3. The van der Waals surface area contributed by atoms with E-state index in [1.807, 2.05) is 11.4 Å². The molecular formula is C13H17BrClNOS. The zero-order valence-corrected chi connectivity index (χ0v) is 13.5. The molecule has 0 radical (unpaired) electrons. The van der Waals surface area contributed by atoms with Gasteiger partial charge in [-0.2, -0.15) is 0 Å². The summed E-state index contributed by atoms with van der Waals surface area (Å²) in [6.07, 6.45) is 4.23. The van der Waals surface area contributed by atoms with Gasteiger partial charge in [-0.1, -0.05) is 6.92 Å². The molecule has 1 aromatic rings. The molecule has 0 saturated heterocycles. The summed E-state index contributed by atoms with van der Waals surface area (Å²) < 4.78 is 0.860. The number of rotatable bonds is 3. The van der Waals surface area contributed by atoms with Crippen LogP contribution in [0.1, 0.15) is 42.3 Å². The maximum Gasteiger partial charge on any atom is 0.262 e. The van der Waals surface area contributed by atoms with Gasteiger partial charge in [0.25, 0.3) is 5.91 Å². The van der Waals surface area contributed by atoms with Gasteiger partial charge in [0, 0.05) is 10.4 Å². The number of halogens is 2. The van der Waals surface area contributed by atoms with Crippen molar-refractivity contribution in [3.8, 4) is 0 Å². The number of carbonyl (C=O) groups is 1. The number of thiophene rings is 1. The van der Waals surface area contributed by atoms with Gasteiger partial charge in [-0.25, -0.2) is 0 Å². The third-order valence-electron chi connectivity index (χ3n) is 3.69. The third-order valence-corrected chi connectivity index (χ3v) is 6.04. The summed E-state index contributed by atoms with van der Waals surface area (Å²) in [5.74, 6) is 1.23. The maximum atomic E-state index is 12.3. The highest BCUT2D eigenvalue weighted by Gasteiger charge is 2.35. The van der Waals surface area contributed by atoms with Crippen molar-refractivity contribution >= 4 is 44.8 Å². The van der Waals surface area contributed by atoms with Gasteiger partial charge in [-0.15, -0.1) is 22.9 Å². The van der Waals surface area contributed by atoms with Crippen LogP contribution in [0.15, 0.2) is 15.9 Å². The molecule has 1 saturated carbocycles. The molecule has 100 valence electrons. The minimum absolute atomic E-state index is 0.00734. The predicted molar refractivity (Wildman–Crippen MR) is 80.6 cm³/mol. The Morgan fingerprint density at radius 2 is 2.28 bits per heavy atom. The molecule has 0 atom stereocenters. The SMILES string of the molecule is CC1CCC(CCl)(NC(=O)c2sccc2Br)CC1. The summed E-state index contributed by atoms with van der Waals surface area (Å²) in [6, 6.07) is 1.90. The van der Waals surface area contributed by atoms with Crippen LogP contribution >= 0.6 is 38.9 Å². The van der Waals surface area contributed by atoms with Crippen LogP contribution in [0, 0.1) is 5.92 Å². The molecule has 0 aromatic carbocycles. The minimum atomic E-state index is -0.214. The van der Waals surface area contributed by atoms with Gasteiger partial charge >= 0.3 is 0 Å². The lowest BCUT2D eigenvalue weighted by atomic mass is 9.78. The molecule has 18 heavy (non-hydrogen) atoms. The molecular weight excluding hydrogens is 334 g/mol. The predicted octanol–water partition coefficient (Wildman–Crippen LogP) is 4.43. The number of hydrogen-bond acceptors (Lipinski definition) is 2. The van der Waals surface area contributed by atoms with Crippen LogP contribution in [0.25, 0.3) is 0 Å². The number of amides is 1. The molecule has 0 bridgehead atoms. The second-order valence-corrected chi connectivity index (χ2v) is 7.19. The van der Waals surface area contributed by atoms with E-state index in [0.717, 1.165) is 41.0 Å². The van der Waals surface area contributed by atoms with Crippen molar-refractivity contribution in [2.45, 2.75) is 38.1 Å². The highest BCUT2D eigenvalue weighted by molar-refractivity contribution is 9.10. The first kappa shape index (κ1) is 14.4. The normalized spacial score (nSPS) is 28.1. The van der Waals surface area contributed by atoms with Gasteiger partial charge in [0.15, 0.2) is 0 Å². The molecule has 1 N–H and O–H groups in total.